The molecule has 0 spiro atoms. The number of hydrogen-bond acceptors (Lipinski definition) is 8. The van der Waals surface area contributed by atoms with E-state index in [9.17, 15) is 19.2 Å². The van der Waals surface area contributed by atoms with E-state index < -0.39 is 17.9 Å². The van der Waals surface area contributed by atoms with Crippen LogP contribution in [-0.4, -0.2) is 24.4 Å². The third-order valence-electron chi connectivity index (χ3n) is 6.12. The molecule has 0 amide bonds. The second-order valence-electron chi connectivity index (χ2n) is 8.11. The molecule has 1 aromatic rings. The lowest BCUT2D eigenvalue weighted by Crippen LogP contribution is -2.29. The van der Waals surface area contributed by atoms with Crippen LogP contribution in [0.4, 0.5) is 0 Å². The predicted molar refractivity (Wildman–Crippen MR) is 102 cm³/mol. The van der Waals surface area contributed by atoms with Crippen molar-refractivity contribution in [1.82, 2.24) is 0 Å². The molecule has 3 aliphatic rings. The topological polar surface area (TPSA) is 105 Å². The maximum atomic E-state index is 12.5. The van der Waals surface area contributed by atoms with Crippen molar-refractivity contribution >= 4 is 24.4 Å². The number of carbonyl (C=O) groups excluding carboxylic acids is 4. The molecule has 0 unspecified atom stereocenters. The van der Waals surface area contributed by atoms with Gasteiger partial charge in [0.05, 0.1) is 17.8 Å². The van der Waals surface area contributed by atoms with Crippen molar-refractivity contribution in [3.63, 3.8) is 0 Å². The summed E-state index contributed by atoms with van der Waals surface area (Å²) in [6.07, 6.45) is 7.18. The van der Waals surface area contributed by atoms with Gasteiger partial charge in [-0.25, -0.2) is 0 Å². The first-order valence-corrected chi connectivity index (χ1v) is 10.5. The summed E-state index contributed by atoms with van der Waals surface area (Å²) in [6.45, 7) is 0.213. The maximum Gasteiger partial charge on any atom is 0.314 e. The Kier molecular flexibility index (Phi) is 6.01. The van der Waals surface area contributed by atoms with E-state index in [1.54, 1.807) is 0 Å². The van der Waals surface area contributed by atoms with E-state index in [1.165, 1.54) is 12.1 Å². The van der Waals surface area contributed by atoms with Crippen LogP contribution < -0.4 is 18.9 Å². The number of benzene rings is 1. The molecule has 0 aliphatic heterocycles. The highest BCUT2D eigenvalue weighted by Crippen LogP contribution is 2.44. The number of carbonyl (C=O) groups is 4. The second-order valence-corrected chi connectivity index (χ2v) is 8.11. The van der Waals surface area contributed by atoms with Crippen LogP contribution in [-0.2, 0) is 19.2 Å². The van der Waals surface area contributed by atoms with Gasteiger partial charge in [0.2, 0.25) is 5.75 Å². The highest BCUT2D eigenvalue weighted by atomic mass is 16.6. The van der Waals surface area contributed by atoms with E-state index in [0.717, 1.165) is 57.8 Å². The van der Waals surface area contributed by atoms with Gasteiger partial charge in [0.25, 0.3) is 6.47 Å². The first kappa shape index (κ1) is 20.4. The largest absolute Gasteiger partial charge is 0.428 e. The molecule has 1 aromatic carbocycles. The molecule has 0 N–H and O–H groups in total. The van der Waals surface area contributed by atoms with Crippen molar-refractivity contribution in [2.24, 2.45) is 17.8 Å². The van der Waals surface area contributed by atoms with E-state index in [2.05, 4.69) is 0 Å². The van der Waals surface area contributed by atoms with Crippen molar-refractivity contribution in [3.05, 3.63) is 12.1 Å². The molecule has 160 valence electrons. The van der Waals surface area contributed by atoms with Crippen LogP contribution in [0.3, 0.4) is 0 Å². The summed E-state index contributed by atoms with van der Waals surface area (Å²) in [6, 6.07) is 2.57. The predicted octanol–water partition coefficient (Wildman–Crippen LogP) is 3.34. The van der Waals surface area contributed by atoms with Crippen molar-refractivity contribution < 1.29 is 38.1 Å². The van der Waals surface area contributed by atoms with Gasteiger partial charge in [-0.2, -0.15) is 0 Å². The fraction of sp³-hybridized carbons (Fsp3) is 0.545. The van der Waals surface area contributed by atoms with Crippen LogP contribution in [0.25, 0.3) is 0 Å². The third kappa shape index (κ3) is 4.32. The van der Waals surface area contributed by atoms with E-state index in [-0.39, 0.29) is 47.2 Å². The van der Waals surface area contributed by atoms with E-state index in [0.29, 0.717) is 0 Å². The molecule has 0 aromatic heterocycles. The highest BCUT2D eigenvalue weighted by molar-refractivity contribution is 5.83. The molecular formula is C22H24O8. The molecule has 4 rings (SSSR count). The van der Waals surface area contributed by atoms with Crippen molar-refractivity contribution in [2.75, 3.05) is 0 Å². The quantitative estimate of drug-likeness (QED) is 0.361. The lowest BCUT2D eigenvalue weighted by Gasteiger charge is -2.27. The van der Waals surface area contributed by atoms with Crippen LogP contribution in [0, 0.1) is 17.8 Å². The Labute approximate surface area is 173 Å². The Bertz CT molecular complexity index is 800. The SMILES string of the molecule is O=COc1cc(OC(=O)C2CCC2)c(OC(=O)C2CCC2)c(OC(=O)C2CCC2)c1. The Morgan fingerprint density at radius 1 is 0.700 bits per heavy atom. The molecule has 0 atom stereocenters. The summed E-state index contributed by atoms with van der Waals surface area (Å²) in [7, 11) is 0. The third-order valence-corrected chi connectivity index (χ3v) is 6.12. The molecule has 0 saturated heterocycles. The standard InChI is InChI=1S/C22H24O8/c23-12-27-16-10-17(28-20(24)13-4-1-5-13)19(30-22(26)15-8-3-9-15)18(11-16)29-21(25)14-6-2-7-14/h10-15H,1-9H2. The molecule has 3 saturated carbocycles. The Morgan fingerprint density at radius 3 is 1.43 bits per heavy atom. The fourth-order valence-electron chi connectivity index (χ4n) is 3.43. The summed E-state index contributed by atoms with van der Waals surface area (Å²) < 4.78 is 21.4. The van der Waals surface area contributed by atoms with Gasteiger partial charge in [-0.05, 0) is 38.5 Å². The van der Waals surface area contributed by atoms with Gasteiger partial charge in [0, 0.05) is 12.1 Å². The zero-order valence-corrected chi connectivity index (χ0v) is 16.6. The molecule has 8 heteroatoms. The van der Waals surface area contributed by atoms with Gasteiger partial charge in [-0.3, -0.25) is 19.2 Å². The highest BCUT2D eigenvalue weighted by Gasteiger charge is 2.34. The minimum absolute atomic E-state index is 0.0151. The van der Waals surface area contributed by atoms with E-state index in [1.807, 2.05) is 0 Å². The average Bonchev–Trinajstić information content (AvgIpc) is 2.53. The van der Waals surface area contributed by atoms with Gasteiger partial charge in [0.15, 0.2) is 11.5 Å². The van der Waals surface area contributed by atoms with Gasteiger partial charge in [-0.1, -0.05) is 19.3 Å². The molecule has 8 nitrogen and oxygen atoms in total. The van der Waals surface area contributed by atoms with Crippen LogP contribution >= 0.6 is 0 Å². The Morgan fingerprint density at radius 2 is 1.10 bits per heavy atom. The number of esters is 3. The number of rotatable bonds is 8. The molecule has 30 heavy (non-hydrogen) atoms. The fourth-order valence-corrected chi connectivity index (χ4v) is 3.43. The van der Waals surface area contributed by atoms with Gasteiger partial charge >= 0.3 is 17.9 Å². The van der Waals surface area contributed by atoms with Crippen LogP contribution in [0.1, 0.15) is 57.8 Å². The monoisotopic (exact) mass is 416 g/mol. The van der Waals surface area contributed by atoms with Gasteiger partial charge < -0.3 is 18.9 Å². The van der Waals surface area contributed by atoms with Crippen LogP contribution in [0.15, 0.2) is 12.1 Å². The van der Waals surface area contributed by atoms with Gasteiger partial charge in [-0.15, -0.1) is 0 Å². The summed E-state index contributed by atoms with van der Waals surface area (Å²) in [5.74, 6) is -2.39. The lowest BCUT2D eigenvalue weighted by atomic mass is 9.85. The molecule has 3 fully saturated rings. The first-order chi connectivity index (χ1) is 14.5. The van der Waals surface area contributed by atoms with E-state index >= 15 is 0 Å². The van der Waals surface area contributed by atoms with Crippen LogP contribution in [0.2, 0.25) is 0 Å². The summed E-state index contributed by atoms with van der Waals surface area (Å²) in [5, 5.41) is 0. The zero-order chi connectivity index (χ0) is 21.1. The minimum Gasteiger partial charge on any atom is -0.428 e. The summed E-state index contributed by atoms with van der Waals surface area (Å²) in [4.78, 5) is 48.2. The molecule has 0 bridgehead atoms. The summed E-state index contributed by atoms with van der Waals surface area (Å²) in [5.41, 5.74) is 0. The molecular weight excluding hydrogens is 392 g/mol. The van der Waals surface area contributed by atoms with Crippen molar-refractivity contribution in [1.29, 1.82) is 0 Å². The minimum atomic E-state index is -0.466. The van der Waals surface area contributed by atoms with Crippen molar-refractivity contribution in [2.45, 2.75) is 57.8 Å². The maximum absolute atomic E-state index is 12.5. The lowest BCUT2D eigenvalue weighted by molar-refractivity contribution is -0.145. The number of ether oxygens (including phenoxy) is 4. The Balaban J connectivity index is 1.65. The number of hydrogen-bond donors (Lipinski definition) is 0. The Hall–Kier alpha value is -2.90. The molecule has 0 radical (unpaired) electrons. The van der Waals surface area contributed by atoms with Crippen LogP contribution in [0.5, 0.6) is 23.0 Å². The average molecular weight is 416 g/mol. The van der Waals surface area contributed by atoms with E-state index in [4.69, 9.17) is 18.9 Å². The molecule has 0 heterocycles. The zero-order valence-electron chi connectivity index (χ0n) is 16.6. The summed E-state index contributed by atoms with van der Waals surface area (Å²) >= 11 is 0. The smallest absolute Gasteiger partial charge is 0.314 e. The normalized spacial score (nSPS) is 18.9. The molecule has 3 aliphatic carbocycles. The van der Waals surface area contributed by atoms with Gasteiger partial charge in [0.1, 0.15) is 5.75 Å². The second kappa shape index (κ2) is 8.85. The first-order valence-electron chi connectivity index (χ1n) is 10.5. The van der Waals surface area contributed by atoms with Crippen molar-refractivity contribution in [3.8, 4) is 23.0 Å².